The summed E-state index contributed by atoms with van der Waals surface area (Å²) in [5, 5.41) is 68.5. The second-order valence-corrected chi connectivity index (χ2v) is 22.2. The highest BCUT2D eigenvalue weighted by atomic mass is 19.1. The van der Waals surface area contributed by atoms with Crippen molar-refractivity contribution >= 4 is 5.97 Å². The molecule has 0 saturated carbocycles. The van der Waals surface area contributed by atoms with Gasteiger partial charge in [0.15, 0.2) is 12.6 Å². The fraction of sp³-hybridized carbons (Fsp3) is 0.796. The van der Waals surface area contributed by atoms with Gasteiger partial charge in [-0.25, -0.2) is 9.07 Å². The van der Waals surface area contributed by atoms with E-state index in [1.54, 1.807) is 72.9 Å². The number of rotatable bonds is 18. The Labute approximate surface area is 438 Å². The zero-order chi connectivity index (χ0) is 55.0. The minimum atomic E-state index is -1.85. The van der Waals surface area contributed by atoms with Crippen LogP contribution in [0.3, 0.4) is 0 Å². The molecule has 20 heteroatoms. The van der Waals surface area contributed by atoms with Crippen LogP contribution in [0.4, 0.5) is 4.39 Å². The van der Waals surface area contributed by atoms with Crippen molar-refractivity contribution < 1.29 is 72.6 Å². The molecular formula is C54H90FN5O14. The summed E-state index contributed by atoms with van der Waals surface area (Å²) in [5.74, 6) is -2.23. The minimum absolute atomic E-state index is 0.0829. The number of hydrogen-bond acceptors (Lipinski definition) is 18. The van der Waals surface area contributed by atoms with Crippen LogP contribution in [0, 0.1) is 17.8 Å². The van der Waals surface area contributed by atoms with Crippen LogP contribution in [0.15, 0.2) is 43.1 Å². The van der Waals surface area contributed by atoms with E-state index in [4.69, 9.17) is 37.9 Å². The molecule has 1 aromatic carbocycles. The normalized spacial score (nSPS) is 39.1. The molecule has 0 unspecified atom stereocenters. The lowest BCUT2D eigenvalue weighted by molar-refractivity contribution is -0.318. The average Bonchev–Trinajstić information content (AvgIpc) is 3.83. The number of benzene rings is 1. The Morgan fingerprint density at radius 1 is 1.00 bits per heavy atom. The average molecular weight is 1050 g/mol. The van der Waals surface area contributed by atoms with Gasteiger partial charge in [-0.3, -0.25) is 4.79 Å². The predicted molar refractivity (Wildman–Crippen MR) is 274 cm³/mol. The van der Waals surface area contributed by atoms with E-state index >= 15 is 0 Å². The van der Waals surface area contributed by atoms with Gasteiger partial charge in [0.25, 0.3) is 0 Å². The molecule has 3 aliphatic heterocycles. The number of methoxy groups -OCH3 is 2. The molecule has 5 N–H and O–H groups in total. The Balaban J connectivity index is 1.43. The van der Waals surface area contributed by atoms with Crippen LogP contribution in [0.2, 0.25) is 0 Å². The van der Waals surface area contributed by atoms with E-state index in [1.165, 1.54) is 25.8 Å². The summed E-state index contributed by atoms with van der Waals surface area (Å²) in [6.07, 6.45) is -6.38. The summed E-state index contributed by atoms with van der Waals surface area (Å²) in [6, 6.07) is 5.35. The van der Waals surface area contributed by atoms with Crippen molar-refractivity contribution in [3.8, 4) is 5.75 Å². The third-order valence-electron chi connectivity index (χ3n) is 16.1. The minimum Gasteiger partial charge on any atom is -0.490 e. The van der Waals surface area contributed by atoms with Crippen LogP contribution in [0.25, 0.3) is 0 Å². The van der Waals surface area contributed by atoms with Gasteiger partial charge in [0, 0.05) is 64.3 Å². The van der Waals surface area contributed by atoms with Crippen LogP contribution >= 0.6 is 0 Å². The Morgan fingerprint density at radius 3 is 2.28 bits per heavy atom. The Bertz CT molecular complexity index is 2050. The number of aromatic nitrogens is 3. The van der Waals surface area contributed by atoms with Crippen LogP contribution in [-0.2, 0) is 44.4 Å². The quantitative estimate of drug-likeness (QED) is 0.102. The van der Waals surface area contributed by atoms with Crippen molar-refractivity contribution in [2.75, 3.05) is 54.7 Å². The van der Waals surface area contributed by atoms with Gasteiger partial charge in [0.1, 0.15) is 61.2 Å². The molecule has 20 atom stereocenters. The fourth-order valence-electron chi connectivity index (χ4n) is 11.4. The van der Waals surface area contributed by atoms with E-state index in [0.29, 0.717) is 44.0 Å². The third-order valence-corrected chi connectivity index (χ3v) is 16.1. The maximum Gasteiger partial charge on any atom is 0.311 e. The van der Waals surface area contributed by atoms with E-state index in [1.807, 2.05) is 49.9 Å². The first kappa shape index (κ1) is 61.6. The first-order valence-corrected chi connectivity index (χ1v) is 26.4. The maximum atomic E-state index is 14.8. The number of ether oxygens (including phenoxy) is 8. The number of aliphatic hydroxyl groups excluding tert-OH is 3. The van der Waals surface area contributed by atoms with Gasteiger partial charge in [0.2, 0.25) is 0 Å². The fourth-order valence-corrected chi connectivity index (χ4v) is 11.4. The molecule has 0 radical (unpaired) electrons. The number of halogens is 1. The van der Waals surface area contributed by atoms with Crippen molar-refractivity contribution in [3.05, 3.63) is 54.4 Å². The molecule has 0 aliphatic carbocycles. The summed E-state index contributed by atoms with van der Waals surface area (Å²) >= 11 is 0. The molecule has 1 aromatic heterocycles. The maximum absolute atomic E-state index is 14.8. The van der Waals surface area contributed by atoms with Crippen molar-refractivity contribution in [1.82, 2.24) is 24.8 Å². The Morgan fingerprint density at radius 2 is 1.68 bits per heavy atom. The highest BCUT2D eigenvalue weighted by molar-refractivity contribution is 5.73. The zero-order valence-electron chi connectivity index (χ0n) is 46.4. The summed E-state index contributed by atoms with van der Waals surface area (Å²) < 4.78 is 66.0. The van der Waals surface area contributed by atoms with Crippen molar-refractivity contribution in [2.24, 2.45) is 17.8 Å². The molecule has 4 heterocycles. The molecule has 0 amide bonds. The number of carbonyl (C=O) groups is 1. The second kappa shape index (κ2) is 26.4. The van der Waals surface area contributed by atoms with Crippen molar-refractivity contribution in [1.29, 1.82) is 0 Å². The van der Waals surface area contributed by atoms with Gasteiger partial charge in [-0.2, -0.15) is 0 Å². The highest BCUT2D eigenvalue weighted by Gasteiger charge is 2.53. The number of likely N-dealkylation sites (N-methyl/N-ethyl adjacent to an activating group) is 2. The largest absolute Gasteiger partial charge is 0.490 e. The predicted octanol–water partition coefficient (Wildman–Crippen LogP) is 4.57. The molecule has 0 bridgehead atoms. The number of cyclic esters (lactones) is 1. The Kier molecular flexibility index (Phi) is 22.0. The SMILES string of the molecule is C=CCOc1ccc([C@@H](OC)[C@@H](CF)n2cc(CCN(C)[C@H]3C[C@@H](C)O[C@@H](O[C@@H]4[C@@H](C)[C@H](O[C@H]5C[C@@](C)(OC)[C@@H](O)[C@H](C)O5)[C@@H](C)C(=O)O[C@H](CC)[C@@](C)(O)[C@H](O)[C@@H](C)N(C)C[C@H](C)C[C@@]4(C)O)[C@@H]3O)nn2)cc1. The third kappa shape index (κ3) is 14.5. The van der Waals surface area contributed by atoms with Crippen LogP contribution < -0.4 is 4.74 Å². The van der Waals surface area contributed by atoms with Crippen LogP contribution in [-0.4, -0.2) is 201 Å². The standard InChI is InChI=1S/C54H90FN5O14/c1-16-24-69-39-20-18-37(19-21-39)46(67-14)41(28-55)60-30-38(56-57-60)22-23-58(12)40-25-32(4)70-51(44(40)61)74-49-33(5)45(73-43-27-53(10,68-15)48(63)36(8)71-43)34(6)50(64)72-42(17-2)54(11,66)47(62)35(7)59(13)29-31(3)26-52(49,9)65/h16,18-21,30-36,40-49,51,61-63,65-66H,1,17,22-29H2,2-15H3/t31-,32-,33+,34-,35-,36+,40+,41-,42-,43+,44-,45+,46-,47-,48+,49-,51+,52-,53-,54-/m1/s1. The van der Waals surface area contributed by atoms with E-state index in [0.717, 1.165) is 5.56 Å². The number of carbonyl (C=O) groups excluding carboxylic acids is 1. The summed E-state index contributed by atoms with van der Waals surface area (Å²) in [6.45, 7) is 21.5. The van der Waals surface area contributed by atoms with Crippen LogP contribution in [0.1, 0.15) is 118 Å². The molecular weight excluding hydrogens is 962 g/mol. The lowest BCUT2D eigenvalue weighted by Gasteiger charge is -2.49. The Hall–Kier alpha value is -3.22. The highest BCUT2D eigenvalue weighted by Crippen LogP contribution is 2.41. The number of esters is 1. The van der Waals surface area contributed by atoms with E-state index in [2.05, 4.69) is 16.9 Å². The molecule has 3 aliphatic rings. The molecule has 3 saturated heterocycles. The number of nitrogens with zero attached hydrogens (tertiary/aromatic N) is 5. The number of hydrogen-bond donors (Lipinski definition) is 5. The molecule has 422 valence electrons. The molecule has 2 aromatic rings. The molecule has 0 spiro atoms. The monoisotopic (exact) mass is 1050 g/mol. The van der Waals surface area contributed by atoms with Gasteiger partial charge >= 0.3 is 5.97 Å². The van der Waals surface area contributed by atoms with E-state index in [-0.39, 0.29) is 25.2 Å². The topological polar surface area (TPSA) is 229 Å². The van der Waals surface area contributed by atoms with Crippen LogP contribution in [0.5, 0.6) is 5.75 Å². The van der Waals surface area contributed by atoms with E-state index < -0.39 is 127 Å². The smallest absolute Gasteiger partial charge is 0.311 e. The number of alkyl halides is 1. The van der Waals surface area contributed by atoms with E-state index in [9.17, 15) is 34.7 Å². The second-order valence-electron chi connectivity index (χ2n) is 22.2. The molecule has 3 fully saturated rings. The summed E-state index contributed by atoms with van der Waals surface area (Å²) in [5.41, 5.74) is -3.25. The molecule has 5 rings (SSSR count). The van der Waals surface area contributed by atoms with Gasteiger partial charge in [-0.15, -0.1) is 5.10 Å². The first-order valence-electron chi connectivity index (χ1n) is 26.4. The first-order chi connectivity index (χ1) is 34.8. The van der Waals surface area contributed by atoms with Gasteiger partial charge in [-0.05, 0) is 105 Å². The summed E-state index contributed by atoms with van der Waals surface area (Å²) in [7, 11) is 6.72. The van der Waals surface area contributed by atoms with Crippen molar-refractivity contribution in [3.63, 3.8) is 0 Å². The van der Waals surface area contributed by atoms with Gasteiger partial charge < -0.3 is 73.2 Å². The lowest BCUT2D eigenvalue weighted by Crippen LogP contribution is -2.61. The van der Waals surface area contributed by atoms with Gasteiger partial charge in [0.05, 0.1) is 47.2 Å². The summed E-state index contributed by atoms with van der Waals surface area (Å²) in [4.78, 5) is 18.4. The van der Waals surface area contributed by atoms with Gasteiger partial charge in [-0.1, -0.05) is 50.8 Å². The zero-order valence-corrected chi connectivity index (χ0v) is 46.4. The van der Waals surface area contributed by atoms with Crippen molar-refractivity contribution in [2.45, 2.75) is 204 Å². The molecule has 19 nitrogen and oxygen atoms in total. The number of aliphatic hydroxyl groups is 5. The lowest BCUT2D eigenvalue weighted by atomic mass is 9.77. The molecule has 74 heavy (non-hydrogen) atoms.